The van der Waals surface area contributed by atoms with Gasteiger partial charge in [-0.3, -0.25) is 0 Å². The molecule has 0 bridgehead atoms. The zero-order valence-electron chi connectivity index (χ0n) is 79.1. The van der Waals surface area contributed by atoms with Gasteiger partial charge in [-0.1, -0.05) is 473 Å². The van der Waals surface area contributed by atoms with Crippen molar-refractivity contribution in [1.29, 1.82) is 0 Å². The maximum atomic E-state index is 5.36. The van der Waals surface area contributed by atoms with Gasteiger partial charge in [0.15, 0.2) is 52.4 Å². The van der Waals surface area contributed by atoms with E-state index in [1.807, 2.05) is 42.5 Å². The molecule has 25 aromatic carbocycles. The van der Waals surface area contributed by atoms with Crippen LogP contribution in [0.1, 0.15) is 0 Å². The minimum Gasteiger partial charge on any atom is -0.208 e. The highest BCUT2D eigenvalue weighted by Gasteiger charge is 2.27. The summed E-state index contributed by atoms with van der Waals surface area (Å²) in [6.45, 7) is 0. The van der Waals surface area contributed by atoms with E-state index in [4.69, 9.17) is 44.9 Å². The van der Waals surface area contributed by atoms with Gasteiger partial charge >= 0.3 is 0 Å². The van der Waals surface area contributed by atoms with E-state index < -0.39 is 0 Å². The molecular formula is C137H85N9. The van der Waals surface area contributed by atoms with E-state index in [0.717, 1.165) is 104 Å². The average Bonchev–Trinajstić information content (AvgIpc) is 1.51. The van der Waals surface area contributed by atoms with Gasteiger partial charge in [0.05, 0.1) is 0 Å². The Kier molecular flexibility index (Phi) is 21.4. The minimum atomic E-state index is 0.639. The molecule has 0 spiro atoms. The first kappa shape index (κ1) is 85.6. The average molecular weight is 1860 g/mol. The van der Waals surface area contributed by atoms with E-state index in [1.54, 1.807) is 0 Å². The normalized spacial score (nSPS) is 11.6. The lowest BCUT2D eigenvalue weighted by Crippen LogP contribution is -2.01. The van der Waals surface area contributed by atoms with Crippen LogP contribution in [0.2, 0.25) is 0 Å². The number of benzene rings is 25. The second kappa shape index (κ2) is 36.6. The Morgan fingerprint density at radius 1 is 0.0890 bits per heavy atom. The Bertz CT molecular complexity index is 9720. The predicted octanol–water partition coefficient (Wildman–Crippen LogP) is 35.6. The van der Waals surface area contributed by atoms with Crippen molar-refractivity contribution in [2.75, 3.05) is 0 Å². The van der Waals surface area contributed by atoms with Gasteiger partial charge in [0, 0.05) is 50.1 Å². The van der Waals surface area contributed by atoms with E-state index in [2.05, 4.69) is 473 Å². The standard InChI is InChI=1S/C51H31N3.2C43H27N3/c1-2-13-32(14-3-1)33-25-27-34(28-26-33)49-52-50(54-51(53-49)47-31-35-15-4-5-16-36(35)37-17-6-11-22-42(37)47)46-30-29-45-41-21-10-8-19-39(41)38-18-7-9-20-40(38)43-23-12-24-44(46)48(43)45;1-2-13-29(14-3-1)41-44-42(32-23-22-28-12-4-5-15-30(28)26-32)46-43(45-41)39-25-24-38(35-19-9-10-20-36(35)39)40-27-31-16-6-7-17-33(31)34-18-8-11-21-37(34)40;1-2-13-29(14-3-1)41-44-42(32-25-24-28-12-4-5-15-30(28)26-32)46-43(45-41)39-23-11-20-35-36(39)21-10-22-38(35)40-27-31-16-6-7-17-33(31)34-18-8-9-19-37(34)40/h1-31H;2*1-27H. The monoisotopic (exact) mass is 1860 g/mol. The van der Waals surface area contributed by atoms with Gasteiger partial charge in [0.1, 0.15) is 0 Å². The first-order valence-electron chi connectivity index (χ1n) is 49.4. The van der Waals surface area contributed by atoms with Gasteiger partial charge in [0.25, 0.3) is 0 Å². The molecule has 0 amide bonds. The molecule has 0 aliphatic heterocycles. The van der Waals surface area contributed by atoms with Crippen molar-refractivity contribution >= 4 is 118 Å². The lowest BCUT2D eigenvalue weighted by molar-refractivity contribution is 1.08. The molecular weight excluding hydrogens is 1770 g/mol. The number of nitrogens with zero attached hydrogens (tertiary/aromatic N) is 9. The van der Waals surface area contributed by atoms with Crippen LogP contribution in [-0.4, -0.2) is 44.9 Å². The third kappa shape index (κ3) is 15.5. The molecule has 3 aromatic heterocycles. The molecule has 0 saturated carbocycles. The van der Waals surface area contributed by atoms with Gasteiger partial charge in [-0.25, -0.2) is 44.9 Å². The molecule has 9 heteroatoms. The highest BCUT2D eigenvalue weighted by molar-refractivity contribution is 6.21. The van der Waals surface area contributed by atoms with Crippen molar-refractivity contribution in [3.8, 4) is 169 Å². The van der Waals surface area contributed by atoms with Crippen molar-refractivity contribution in [3.05, 3.63) is 516 Å². The van der Waals surface area contributed by atoms with E-state index in [1.165, 1.54) is 131 Å². The van der Waals surface area contributed by atoms with Crippen LogP contribution in [0.25, 0.3) is 288 Å². The molecule has 3 heterocycles. The molecule has 28 aromatic rings. The fraction of sp³-hybridized carbons (Fsp3) is 0. The Morgan fingerprint density at radius 2 is 0.308 bits per heavy atom. The van der Waals surface area contributed by atoms with Crippen LogP contribution in [0.15, 0.2) is 516 Å². The zero-order chi connectivity index (χ0) is 96.5. The van der Waals surface area contributed by atoms with E-state index in [-0.39, 0.29) is 0 Å². The summed E-state index contributed by atoms with van der Waals surface area (Å²) in [5.41, 5.74) is 23.2. The number of hydrogen-bond acceptors (Lipinski definition) is 9. The van der Waals surface area contributed by atoms with Gasteiger partial charge in [0.2, 0.25) is 0 Å². The molecule has 0 atom stereocenters. The fourth-order valence-electron chi connectivity index (χ4n) is 21.7. The highest BCUT2D eigenvalue weighted by Crippen LogP contribution is 2.51. The molecule has 9 nitrogen and oxygen atoms in total. The van der Waals surface area contributed by atoms with Crippen molar-refractivity contribution < 1.29 is 0 Å². The molecule has 678 valence electrons. The van der Waals surface area contributed by atoms with Crippen molar-refractivity contribution in [2.24, 2.45) is 0 Å². The zero-order valence-corrected chi connectivity index (χ0v) is 79.1. The van der Waals surface area contributed by atoms with E-state index >= 15 is 0 Å². The molecule has 0 saturated heterocycles. The minimum absolute atomic E-state index is 0.639. The van der Waals surface area contributed by atoms with Crippen LogP contribution in [0, 0.1) is 0 Å². The molecule has 146 heavy (non-hydrogen) atoms. The summed E-state index contributed by atoms with van der Waals surface area (Å²) in [4.78, 5) is 46.3. The Hall–Kier alpha value is -19.6. The topological polar surface area (TPSA) is 116 Å². The first-order chi connectivity index (χ1) is 72.4. The Balaban J connectivity index is 0.000000109. The van der Waals surface area contributed by atoms with Crippen molar-refractivity contribution in [2.45, 2.75) is 0 Å². The van der Waals surface area contributed by atoms with Crippen LogP contribution < -0.4 is 0 Å². The summed E-state index contributed by atoms with van der Waals surface area (Å²) in [5, 5.41) is 26.2. The number of rotatable bonds is 12. The molecule has 0 N–H and O–H groups in total. The SMILES string of the molecule is c1ccc(-c2ccc(-c3nc(-c4ccc5c6c(cccc46)-c4ccccc4-c4ccccc4-5)nc(-c4cc5ccccc5c5ccccc45)n3)cc2)cc1.c1ccc(-c2nc(-c3ccc4ccccc4c3)nc(-c3ccc(-c4cc5ccccc5c5ccccc45)c4ccccc34)n2)cc1.c1ccc(-c2nc(-c3ccc4ccccc4c3)nc(-c3cccc4c(-c5cc6ccccc6c6ccccc56)cccc34)n2)cc1. The Morgan fingerprint density at radius 3 is 0.747 bits per heavy atom. The Labute approximate surface area is 842 Å². The molecule has 0 fully saturated rings. The summed E-state index contributed by atoms with van der Waals surface area (Å²) < 4.78 is 0. The van der Waals surface area contributed by atoms with Gasteiger partial charge in [-0.15, -0.1) is 0 Å². The first-order valence-corrected chi connectivity index (χ1v) is 49.4. The molecule has 0 unspecified atom stereocenters. The number of fused-ring (bicyclic) bond motifs is 18. The lowest BCUT2D eigenvalue weighted by Gasteiger charge is -2.16. The predicted molar refractivity (Wildman–Crippen MR) is 607 cm³/mol. The van der Waals surface area contributed by atoms with Crippen molar-refractivity contribution in [1.82, 2.24) is 44.9 Å². The summed E-state index contributed by atoms with van der Waals surface area (Å²) >= 11 is 0. The van der Waals surface area contributed by atoms with Crippen LogP contribution in [0.5, 0.6) is 0 Å². The molecule has 1 aliphatic carbocycles. The summed E-state index contributed by atoms with van der Waals surface area (Å²) in [5.74, 6) is 5.87. The largest absolute Gasteiger partial charge is 0.208 e. The maximum absolute atomic E-state index is 5.36. The van der Waals surface area contributed by atoms with E-state index in [0.29, 0.717) is 52.4 Å². The third-order valence-electron chi connectivity index (χ3n) is 28.7. The fourth-order valence-corrected chi connectivity index (χ4v) is 21.7. The summed E-state index contributed by atoms with van der Waals surface area (Å²) in [6.07, 6.45) is 0. The maximum Gasteiger partial charge on any atom is 0.164 e. The summed E-state index contributed by atoms with van der Waals surface area (Å²) in [7, 11) is 0. The second-order valence-electron chi connectivity index (χ2n) is 37.2. The molecule has 0 radical (unpaired) electrons. The molecule has 29 rings (SSSR count). The van der Waals surface area contributed by atoms with Crippen molar-refractivity contribution in [3.63, 3.8) is 0 Å². The molecule has 1 aliphatic rings. The number of hydrogen-bond donors (Lipinski definition) is 0. The van der Waals surface area contributed by atoms with Gasteiger partial charge < -0.3 is 0 Å². The van der Waals surface area contributed by atoms with Gasteiger partial charge in [-0.05, 0) is 228 Å². The smallest absolute Gasteiger partial charge is 0.164 e. The van der Waals surface area contributed by atoms with Crippen LogP contribution in [-0.2, 0) is 0 Å². The lowest BCUT2D eigenvalue weighted by atomic mass is 9.89. The third-order valence-corrected chi connectivity index (χ3v) is 28.7. The quantitative estimate of drug-likeness (QED) is 0.110. The van der Waals surface area contributed by atoms with Crippen LogP contribution >= 0.6 is 0 Å². The van der Waals surface area contributed by atoms with E-state index in [9.17, 15) is 0 Å². The summed E-state index contributed by atoms with van der Waals surface area (Å²) in [6, 6.07) is 182. The van der Waals surface area contributed by atoms with Gasteiger partial charge in [-0.2, -0.15) is 0 Å². The highest BCUT2D eigenvalue weighted by atomic mass is 15.1. The van der Waals surface area contributed by atoms with Crippen LogP contribution in [0.4, 0.5) is 0 Å². The number of aromatic nitrogens is 9. The second-order valence-corrected chi connectivity index (χ2v) is 37.2. The van der Waals surface area contributed by atoms with Crippen LogP contribution in [0.3, 0.4) is 0 Å².